The summed E-state index contributed by atoms with van der Waals surface area (Å²) in [6.07, 6.45) is 0.438. The van der Waals surface area contributed by atoms with Crippen LogP contribution in [0.1, 0.15) is 18.9 Å². The van der Waals surface area contributed by atoms with Gasteiger partial charge in [-0.25, -0.2) is 0 Å². The van der Waals surface area contributed by atoms with Crippen LogP contribution in [0, 0.1) is 12.3 Å². The molecular weight excluding hydrogens is 233 g/mol. The van der Waals surface area contributed by atoms with Crippen molar-refractivity contribution in [2.24, 2.45) is 0 Å². The molecule has 0 radical (unpaired) electrons. The highest BCUT2D eigenvalue weighted by atomic mass is 19.4. The predicted molar refractivity (Wildman–Crippen MR) is 56.1 cm³/mol. The fourth-order valence-electron chi connectivity index (χ4n) is 1.32. The number of terminal acetylenes is 1. The third-order valence-electron chi connectivity index (χ3n) is 2.16. The van der Waals surface area contributed by atoms with E-state index in [-0.39, 0.29) is 12.2 Å². The predicted octanol–water partition coefficient (Wildman–Crippen LogP) is 2.82. The van der Waals surface area contributed by atoms with Gasteiger partial charge in [-0.2, -0.15) is 0 Å². The van der Waals surface area contributed by atoms with Crippen LogP contribution in [0.4, 0.5) is 13.2 Å². The third kappa shape index (κ3) is 4.00. The zero-order chi connectivity index (χ0) is 13.1. The Morgan fingerprint density at radius 3 is 2.24 bits per heavy atom. The molecule has 0 heterocycles. The minimum absolute atomic E-state index is 0.0759. The number of hydrogen-bond donors (Lipinski definition) is 1. The van der Waals surface area contributed by atoms with Crippen LogP contribution in [0.3, 0.4) is 0 Å². The first-order valence-electron chi connectivity index (χ1n) is 4.77. The summed E-state index contributed by atoms with van der Waals surface area (Å²) in [7, 11) is 0. The van der Waals surface area contributed by atoms with Crippen molar-refractivity contribution in [2.75, 3.05) is 0 Å². The van der Waals surface area contributed by atoms with Gasteiger partial charge >= 0.3 is 6.36 Å². The van der Waals surface area contributed by atoms with Crippen molar-refractivity contribution in [1.82, 2.24) is 0 Å². The second kappa shape index (κ2) is 4.68. The van der Waals surface area contributed by atoms with Crippen LogP contribution < -0.4 is 4.74 Å². The quantitative estimate of drug-likeness (QED) is 0.828. The number of halogens is 3. The Hall–Kier alpha value is -1.67. The largest absolute Gasteiger partial charge is 0.573 e. The summed E-state index contributed by atoms with van der Waals surface area (Å²) in [5.41, 5.74) is -0.823. The van der Waals surface area contributed by atoms with Crippen LogP contribution in [-0.4, -0.2) is 11.5 Å². The molecule has 0 aliphatic carbocycles. The van der Waals surface area contributed by atoms with E-state index >= 15 is 0 Å². The van der Waals surface area contributed by atoms with Gasteiger partial charge < -0.3 is 9.84 Å². The van der Waals surface area contributed by atoms with Crippen molar-refractivity contribution >= 4 is 0 Å². The Labute approximate surface area is 97.0 Å². The normalized spacial score (nSPS) is 14.8. The fraction of sp³-hybridized carbons (Fsp3) is 0.333. The Morgan fingerprint density at radius 1 is 1.29 bits per heavy atom. The molecule has 1 rings (SSSR count). The summed E-state index contributed by atoms with van der Waals surface area (Å²) >= 11 is 0. The summed E-state index contributed by atoms with van der Waals surface area (Å²) in [6.45, 7) is 1.49. The molecule has 0 aliphatic heterocycles. The molecule has 5 heteroatoms. The molecule has 1 aromatic rings. The number of rotatable bonds is 3. The summed E-state index contributed by atoms with van der Waals surface area (Å²) in [6, 6.07) is 4.96. The number of hydrogen-bond acceptors (Lipinski definition) is 2. The highest BCUT2D eigenvalue weighted by Crippen LogP contribution is 2.28. The van der Waals surface area contributed by atoms with Gasteiger partial charge in [0.15, 0.2) is 0 Å². The molecule has 0 bridgehead atoms. The molecule has 1 aromatic carbocycles. The Bertz CT molecular complexity index is 413. The average Bonchev–Trinajstić information content (AvgIpc) is 2.15. The Morgan fingerprint density at radius 2 is 1.82 bits per heavy atom. The van der Waals surface area contributed by atoms with Crippen LogP contribution in [-0.2, 0) is 5.60 Å². The van der Waals surface area contributed by atoms with E-state index in [0.717, 1.165) is 12.1 Å². The molecule has 0 fully saturated rings. The van der Waals surface area contributed by atoms with Gasteiger partial charge in [-0.3, -0.25) is 0 Å². The van der Waals surface area contributed by atoms with Gasteiger partial charge in [0.1, 0.15) is 5.75 Å². The summed E-state index contributed by atoms with van der Waals surface area (Å²) in [5, 5.41) is 9.90. The first kappa shape index (κ1) is 13.4. The smallest absolute Gasteiger partial charge is 0.406 e. The molecule has 1 unspecified atom stereocenters. The minimum atomic E-state index is -4.72. The maximum Gasteiger partial charge on any atom is 0.573 e. The minimum Gasteiger partial charge on any atom is -0.406 e. The molecule has 0 saturated carbocycles. The number of ether oxygens (including phenoxy) is 1. The van der Waals surface area contributed by atoms with Crippen LogP contribution >= 0.6 is 0 Å². The SMILES string of the molecule is C#CCC(C)(O)c1ccc(OC(F)(F)F)cc1. The van der Waals surface area contributed by atoms with Gasteiger partial charge in [-0.1, -0.05) is 12.1 Å². The lowest BCUT2D eigenvalue weighted by atomic mass is 9.93. The van der Waals surface area contributed by atoms with E-state index in [1.165, 1.54) is 19.1 Å². The van der Waals surface area contributed by atoms with Gasteiger partial charge in [0, 0.05) is 6.42 Å². The van der Waals surface area contributed by atoms with E-state index in [2.05, 4.69) is 10.7 Å². The van der Waals surface area contributed by atoms with Gasteiger partial charge in [-0.15, -0.1) is 25.5 Å². The van der Waals surface area contributed by atoms with Gasteiger partial charge in [-0.05, 0) is 24.6 Å². The van der Waals surface area contributed by atoms with Crippen molar-refractivity contribution in [2.45, 2.75) is 25.3 Å². The Balaban J connectivity index is 2.86. The average molecular weight is 244 g/mol. The molecule has 17 heavy (non-hydrogen) atoms. The second-order valence-corrected chi connectivity index (χ2v) is 3.73. The van der Waals surface area contributed by atoms with Crippen LogP contribution in [0.25, 0.3) is 0 Å². The summed E-state index contributed by atoms with van der Waals surface area (Å²) in [5.74, 6) is 1.96. The maximum atomic E-state index is 11.9. The zero-order valence-corrected chi connectivity index (χ0v) is 9.08. The fourth-order valence-corrected chi connectivity index (χ4v) is 1.32. The molecule has 1 atom stereocenters. The van der Waals surface area contributed by atoms with Gasteiger partial charge in [0.05, 0.1) is 5.60 Å². The molecule has 0 saturated heterocycles. The van der Waals surface area contributed by atoms with Crippen LogP contribution in [0.5, 0.6) is 5.75 Å². The monoisotopic (exact) mass is 244 g/mol. The molecule has 92 valence electrons. The van der Waals surface area contributed by atoms with E-state index < -0.39 is 12.0 Å². The summed E-state index contributed by atoms with van der Waals surface area (Å²) < 4.78 is 39.4. The van der Waals surface area contributed by atoms with E-state index in [4.69, 9.17) is 6.42 Å². The maximum absolute atomic E-state index is 11.9. The molecule has 0 spiro atoms. The van der Waals surface area contributed by atoms with Crippen molar-refractivity contribution in [1.29, 1.82) is 0 Å². The van der Waals surface area contributed by atoms with Gasteiger partial charge in [0.25, 0.3) is 0 Å². The molecule has 1 N–H and O–H groups in total. The second-order valence-electron chi connectivity index (χ2n) is 3.73. The van der Waals surface area contributed by atoms with Gasteiger partial charge in [0.2, 0.25) is 0 Å². The molecular formula is C12H11F3O2. The van der Waals surface area contributed by atoms with Crippen molar-refractivity contribution < 1.29 is 23.0 Å². The molecule has 0 amide bonds. The number of benzene rings is 1. The van der Waals surface area contributed by atoms with Crippen LogP contribution in [0.15, 0.2) is 24.3 Å². The lowest BCUT2D eigenvalue weighted by molar-refractivity contribution is -0.274. The van der Waals surface area contributed by atoms with Crippen LogP contribution in [0.2, 0.25) is 0 Å². The summed E-state index contributed by atoms with van der Waals surface area (Å²) in [4.78, 5) is 0. The zero-order valence-electron chi connectivity index (χ0n) is 9.08. The highest BCUT2D eigenvalue weighted by Gasteiger charge is 2.31. The van der Waals surface area contributed by atoms with Crippen molar-refractivity contribution in [3.63, 3.8) is 0 Å². The van der Waals surface area contributed by atoms with E-state index in [0.29, 0.717) is 5.56 Å². The molecule has 2 nitrogen and oxygen atoms in total. The lowest BCUT2D eigenvalue weighted by Gasteiger charge is -2.21. The van der Waals surface area contributed by atoms with E-state index in [1.54, 1.807) is 0 Å². The lowest BCUT2D eigenvalue weighted by Crippen LogP contribution is -2.20. The van der Waals surface area contributed by atoms with E-state index in [1.807, 2.05) is 0 Å². The number of aliphatic hydroxyl groups is 1. The van der Waals surface area contributed by atoms with Crippen molar-refractivity contribution in [3.05, 3.63) is 29.8 Å². The first-order valence-corrected chi connectivity index (χ1v) is 4.77. The first-order chi connectivity index (χ1) is 7.74. The molecule has 0 aromatic heterocycles. The van der Waals surface area contributed by atoms with E-state index in [9.17, 15) is 18.3 Å². The van der Waals surface area contributed by atoms with Crippen molar-refractivity contribution in [3.8, 4) is 18.1 Å². The molecule has 0 aliphatic rings. The highest BCUT2D eigenvalue weighted by molar-refractivity contribution is 5.31. The standard InChI is InChI=1S/C12H11F3O2/c1-3-8-11(2,16)9-4-6-10(7-5-9)17-12(13,14)15/h1,4-7,16H,8H2,2H3. The Kier molecular flexibility index (Phi) is 3.69. The third-order valence-corrected chi connectivity index (χ3v) is 2.16. The topological polar surface area (TPSA) is 29.5 Å². The number of alkyl halides is 3.